The van der Waals surface area contributed by atoms with E-state index in [1.807, 2.05) is 6.07 Å². The molecule has 0 spiro atoms. The van der Waals surface area contributed by atoms with Crippen LogP contribution in [-0.2, 0) is 6.42 Å². The molecule has 0 saturated heterocycles. The highest BCUT2D eigenvalue weighted by Gasteiger charge is 2.05. The number of aryl methyl sites for hydroxylation is 1. The Balaban J connectivity index is 2.95. The van der Waals surface area contributed by atoms with Crippen molar-refractivity contribution in [2.45, 2.75) is 32.7 Å². The largest absolute Gasteiger partial charge is 0.324 e. The number of halogens is 1. The second-order valence-electron chi connectivity index (χ2n) is 3.22. The number of hydrogen-bond donors (Lipinski definition) is 1. The average molecular weight is 198 g/mol. The summed E-state index contributed by atoms with van der Waals surface area (Å²) >= 11 is 6.08. The molecule has 0 aromatic heterocycles. The van der Waals surface area contributed by atoms with Crippen LogP contribution in [0.15, 0.2) is 18.2 Å². The second-order valence-corrected chi connectivity index (χ2v) is 3.63. The van der Waals surface area contributed by atoms with Crippen LogP contribution in [0.1, 0.15) is 37.4 Å². The second kappa shape index (κ2) is 4.64. The van der Waals surface area contributed by atoms with E-state index in [9.17, 15) is 0 Å². The molecule has 2 N–H and O–H groups in total. The SMILES string of the molecule is CCc1ccc(C(N)CC)cc1Cl. The molecule has 1 aromatic rings. The molecule has 0 bridgehead atoms. The van der Waals surface area contributed by atoms with Gasteiger partial charge in [0.15, 0.2) is 0 Å². The quantitative estimate of drug-likeness (QED) is 0.791. The van der Waals surface area contributed by atoms with Crippen molar-refractivity contribution in [2.24, 2.45) is 5.73 Å². The third kappa shape index (κ3) is 2.45. The van der Waals surface area contributed by atoms with Crippen molar-refractivity contribution < 1.29 is 0 Å². The summed E-state index contributed by atoms with van der Waals surface area (Å²) in [7, 11) is 0. The van der Waals surface area contributed by atoms with Crippen LogP contribution >= 0.6 is 11.6 Å². The van der Waals surface area contributed by atoms with E-state index in [1.165, 1.54) is 5.56 Å². The highest BCUT2D eigenvalue weighted by molar-refractivity contribution is 6.31. The van der Waals surface area contributed by atoms with Crippen molar-refractivity contribution in [2.75, 3.05) is 0 Å². The van der Waals surface area contributed by atoms with Crippen molar-refractivity contribution >= 4 is 11.6 Å². The molecule has 0 aliphatic carbocycles. The van der Waals surface area contributed by atoms with Gasteiger partial charge in [-0.25, -0.2) is 0 Å². The van der Waals surface area contributed by atoms with Gasteiger partial charge in [-0.1, -0.05) is 37.6 Å². The number of rotatable bonds is 3. The zero-order chi connectivity index (χ0) is 9.84. The van der Waals surface area contributed by atoms with Gasteiger partial charge in [0, 0.05) is 11.1 Å². The summed E-state index contributed by atoms with van der Waals surface area (Å²) < 4.78 is 0. The Morgan fingerprint density at radius 2 is 2.08 bits per heavy atom. The maximum Gasteiger partial charge on any atom is 0.0441 e. The van der Waals surface area contributed by atoms with E-state index in [1.54, 1.807) is 0 Å². The van der Waals surface area contributed by atoms with Gasteiger partial charge in [0.05, 0.1) is 0 Å². The van der Waals surface area contributed by atoms with Gasteiger partial charge in [0.1, 0.15) is 0 Å². The molecule has 1 rings (SSSR count). The summed E-state index contributed by atoms with van der Waals surface area (Å²) in [6.07, 6.45) is 1.92. The first-order valence-corrected chi connectivity index (χ1v) is 5.10. The predicted octanol–water partition coefficient (Wildman–Crippen LogP) is 3.31. The van der Waals surface area contributed by atoms with E-state index in [4.69, 9.17) is 17.3 Å². The van der Waals surface area contributed by atoms with Gasteiger partial charge in [-0.15, -0.1) is 0 Å². The highest BCUT2D eigenvalue weighted by Crippen LogP contribution is 2.22. The molecule has 0 heterocycles. The molecular formula is C11H16ClN. The third-order valence-corrected chi connectivity index (χ3v) is 2.68. The maximum atomic E-state index is 6.08. The molecule has 0 aliphatic rings. The lowest BCUT2D eigenvalue weighted by molar-refractivity contribution is 0.698. The van der Waals surface area contributed by atoms with Crippen LogP contribution in [0.2, 0.25) is 5.02 Å². The molecule has 13 heavy (non-hydrogen) atoms. The molecule has 1 unspecified atom stereocenters. The van der Waals surface area contributed by atoms with E-state index >= 15 is 0 Å². The van der Waals surface area contributed by atoms with Gasteiger partial charge in [-0.3, -0.25) is 0 Å². The summed E-state index contributed by atoms with van der Waals surface area (Å²) in [5, 5.41) is 0.837. The van der Waals surface area contributed by atoms with Crippen LogP contribution in [0.5, 0.6) is 0 Å². The van der Waals surface area contributed by atoms with Crippen LogP contribution in [0.25, 0.3) is 0 Å². The topological polar surface area (TPSA) is 26.0 Å². The van der Waals surface area contributed by atoms with Gasteiger partial charge in [0.2, 0.25) is 0 Å². The summed E-state index contributed by atoms with van der Waals surface area (Å²) in [5.74, 6) is 0. The Labute approximate surface area is 84.9 Å². The smallest absolute Gasteiger partial charge is 0.0441 e. The number of hydrogen-bond acceptors (Lipinski definition) is 1. The van der Waals surface area contributed by atoms with Crippen molar-refractivity contribution in [3.05, 3.63) is 34.3 Å². The van der Waals surface area contributed by atoms with Gasteiger partial charge in [-0.05, 0) is 30.0 Å². The Bertz CT molecular complexity index is 283. The standard InChI is InChI=1S/C11H16ClN/c1-3-8-5-6-9(7-10(8)12)11(13)4-2/h5-7,11H,3-4,13H2,1-2H3. The lowest BCUT2D eigenvalue weighted by atomic mass is 10.0. The predicted molar refractivity (Wildman–Crippen MR) is 58.0 cm³/mol. The minimum Gasteiger partial charge on any atom is -0.324 e. The van der Waals surface area contributed by atoms with E-state index in [0.717, 1.165) is 23.4 Å². The molecule has 1 atom stereocenters. The average Bonchev–Trinajstić information content (AvgIpc) is 2.16. The van der Waals surface area contributed by atoms with Crippen LogP contribution in [0.4, 0.5) is 0 Å². The number of nitrogens with two attached hydrogens (primary N) is 1. The molecule has 0 fully saturated rings. The molecule has 0 radical (unpaired) electrons. The first-order chi connectivity index (χ1) is 6.19. The minimum absolute atomic E-state index is 0.114. The zero-order valence-electron chi connectivity index (χ0n) is 8.18. The highest BCUT2D eigenvalue weighted by atomic mass is 35.5. The molecule has 0 amide bonds. The van der Waals surface area contributed by atoms with Gasteiger partial charge in [0.25, 0.3) is 0 Å². The van der Waals surface area contributed by atoms with Crippen molar-refractivity contribution in [3.8, 4) is 0 Å². The fourth-order valence-corrected chi connectivity index (χ4v) is 1.64. The molecule has 0 aliphatic heterocycles. The Kier molecular flexibility index (Phi) is 3.76. The van der Waals surface area contributed by atoms with Crippen molar-refractivity contribution in [1.29, 1.82) is 0 Å². The molecule has 1 aromatic carbocycles. The summed E-state index contributed by atoms with van der Waals surface area (Å²) in [4.78, 5) is 0. The lowest BCUT2D eigenvalue weighted by Crippen LogP contribution is -2.08. The lowest BCUT2D eigenvalue weighted by Gasteiger charge is -2.10. The number of benzene rings is 1. The van der Waals surface area contributed by atoms with Gasteiger partial charge >= 0.3 is 0 Å². The third-order valence-electron chi connectivity index (χ3n) is 2.33. The monoisotopic (exact) mass is 197 g/mol. The molecule has 72 valence electrons. The van der Waals surface area contributed by atoms with Crippen LogP contribution in [-0.4, -0.2) is 0 Å². The summed E-state index contributed by atoms with van der Waals surface area (Å²) in [5.41, 5.74) is 8.21. The van der Waals surface area contributed by atoms with E-state index in [0.29, 0.717) is 0 Å². The fourth-order valence-electron chi connectivity index (χ4n) is 1.32. The van der Waals surface area contributed by atoms with Crippen molar-refractivity contribution in [3.63, 3.8) is 0 Å². The molecular weight excluding hydrogens is 182 g/mol. The van der Waals surface area contributed by atoms with Gasteiger partial charge in [-0.2, -0.15) is 0 Å². The minimum atomic E-state index is 0.114. The zero-order valence-corrected chi connectivity index (χ0v) is 8.93. The molecule has 0 saturated carbocycles. The van der Waals surface area contributed by atoms with Gasteiger partial charge < -0.3 is 5.73 Å². The normalized spacial score (nSPS) is 12.9. The summed E-state index contributed by atoms with van der Waals surface area (Å²) in [6.45, 7) is 4.17. The van der Waals surface area contributed by atoms with Crippen LogP contribution < -0.4 is 5.73 Å². The van der Waals surface area contributed by atoms with E-state index in [2.05, 4.69) is 26.0 Å². The Morgan fingerprint density at radius 3 is 2.54 bits per heavy atom. The summed E-state index contributed by atoms with van der Waals surface area (Å²) in [6, 6.07) is 6.23. The first kappa shape index (κ1) is 10.6. The molecule has 2 heteroatoms. The Morgan fingerprint density at radius 1 is 1.38 bits per heavy atom. The fraction of sp³-hybridized carbons (Fsp3) is 0.455. The van der Waals surface area contributed by atoms with Crippen molar-refractivity contribution in [1.82, 2.24) is 0 Å². The van der Waals surface area contributed by atoms with Crippen LogP contribution in [0.3, 0.4) is 0 Å². The van der Waals surface area contributed by atoms with E-state index < -0.39 is 0 Å². The first-order valence-electron chi connectivity index (χ1n) is 4.73. The molecule has 1 nitrogen and oxygen atoms in total. The maximum absolute atomic E-state index is 6.08. The van der Waals surface area contributed by atoms with E-state index in [-0.39, 0.29) is 6.04 Å². The van der Waals surface area contributed by atoms with Crippen LogP contribution in [0, 0.1) is 0 Å². The Hall–Kier alpha value is -0.530.